The monoisotopic (exact) mass is 754 g/mol. The Bertz CT molecular complexity index is 1930. The van der Waals surface area contributed by atoms with Gasteiger partial charge in [-0.05, 0) is 75.1 Å². The molecule has 3 N–H and O–H groups in total. The Morgan fingerprint density at radius 1 is 1.08 bits per heavy atom. The highest BCUT2D eigenvalue weighted by Gasteiger charge is 2.62. The quantitative estimate of drug-likeness (QED) is 0.288. The molecule has 1 unspecified atom stereocenters. The van der Waals surface area contributed by atoms with E-state index in [1.54, 1.807) is 79.9 Å². The minimum absolute atomic E-state index is 0.0209. The number of rotatable bonds is 11. The van der Waals surface area contributed by atoms with Crippen LogP contribution in [0.15, 0.2) is 43.1 Å². The molecule has 3 aliphatic rings. The first-order valence-corrected chi connectivity index (χ1v) is 19.2. The fourth-order valence-corrected chi connectivity index (χ4v) is 7.79. The SMILES string of the molecule is C=CC1C[C@]1(NC(=O)[C@@H]1C[C@@H](Oc2nccc3cc(C(=O)N(C)C)ccc23)CN1C(=O)[C@@H](NC(=O)OC(C)(C)C)C(C)(C)C)C(=O)NS(=O)(=O)C1CC1. The van der Waals surface area contributed by atoms with E-state index in [0.717, 1.165) is 0 Å². The molecule has 1 aliphatic heterocycles. The summed E-state index contributed by atoms with van der Waals surface area (Å²) in [4.78, 5) is 74.9. The number of ether oxygens (including phenoxy) is 2. The number of carbonyl (C=O) groups is 5. The van der Waals surface area contributed by atoms with Crippen molar-refractivity contribution in [2.45, 2.75) is 102 Å². The molecule has 0 radical (unpaired) electrons. The zero-order valence-electron chi connectivity index (χ0n) is 31.5. The second-order valence-corrected chi connectivity index (χ2v) is 18.3. The highest BCUT2D eigenvalue weighted by atomic mass is 32.2. The largest absolute Gasteiger partial charge is 0.472 e. The van der Waals surface area contributed by atoms with Crippen LogP contribution in [-0.2, 0) is 29.1 Å². The van der Waals surface area contributed by atoms with Crippen molar-refractivity contribution in [3.05, 3.63) is 48.7 Å². The van der Waals surface area contributed by atoms with Gasteiger partial charge in [0, 0.05) is 43.6 Å². The van der Waals surface area contributed by atoms with E-state index in [2.05, 4.69) is 26.9 Å². The summed E-state index contributed by atoms with van der Waals surface area (Å²) in [5, 5.41) is 6.09. The Morgan fingerprint density at radius 2 is 1.75 bits per heavy atom. The van der Waals surface area contributed by atoms with Gasteiger partial charge in [-0.2, -0.15) is 0 Å². The first-order chi connectivity index (χ1) is 24.6. The number of benzene rings is 1. The maximum Gasteiger partial charge on any atom is 0.408 e. The van der Waals surface area contributed by atoms with Crippen molar-refractivity contribution in [1.29, 1.82) is 0 Å². The van der Waals surface area contributed by atoms with Gasteiger partial charge in [0.05, 0.1) is 11.8 Å². The van der Waals surface area contributed by atoms with Crippen molar-refractivity contribution in [2.75, 3.05) is 20.6 Å². The maximum atomic E-state index is 14.5. The second kappa shape index (κ2) is 14.3. The number of hydrogen-bond donors (Lipinski definition) is 3. The Kier molecular flexibility index (Phi) is 10.6. The van der Waals surface area contributed by atoms with Crippen LogP contribution in [-0.4, -0.2) is 108 Å². The summed E-state index contributed by atoms with van der Waals surface area (Å²) in [5.74, 6) is -2.65. The maximum absolute atomic E-state index is 14.5. The lowest BCUT2D eigenvalue weighted by molar-refractivity contribution is -0.143. The lowest BCUT2D eigenvalue weighted by Crippen LogP contribution is -2.60. The smallest absolute Gasteiger partial charge is 0.408 e. The van der Waals surface area contributed by atoms with Gasteiger partial charge >= 0.3 is 6.09 Å². The van der Waals surface area contributed by atoms with Gasteiger partial charge < -0.3 is 29.9 Å². The molecule has 5 amide bonds. The fourth-order valence-electron chi connectivity index (χ4n) is 6.43. The highest BCUT2D eigenvalue weighted by Crippen LogP contribution is 2.45. The van der Waals surface area contributed by atoms with E-state index in [1.807, 2.05) is 0 Å². The number of hydrogen-bond acceptors (Lipinski definition) is 10. The molecule has 5 atom stereocenters. The van der Waals surface area contributed by atoms with Gasteiger partial charge in [-0.1, -0.05) is 26.8 Å². The minimum Gasteiger partial charge on any atom is -0.472 e. The van der Waals surface area contributed by atoms with Gasteiger partial charge in [-0.15, -0.1) is 6.58 Å². The van der Waals surface area contributed by atoms with E-state index in [0.29, 0.717) is 29.2 Å². The Labute approximate surface area is 310 Å². The molecule has 16 heteroatoms. The summed E-state index contributed by atoms with van der Waals surface area (Å²) in [6.45, 7) is 14.0. The van der Waals surface area contributed by atoms with Crippen molar-refractivity contribution in [1.82, 2.24) is 30.1 Å². The van der Waals surface area contributed by atoms with E-state index in [4.69, 9.17) is 9.47 Å². The van der Waals surface area contributed by atoms with E-state index in [-0.39, 0.29) is 31.2 Å². The van der Waals surface area contributed by atoms with Gasteiger partial charge in [-0.25, -0.2) is 18.2 Å². The topological polar surface area (TPSA) is 193 Å². The lowest BCUT2D eigenvalue weighted by atomic mass is 9.85. The predicted molar refractivity (Wildman–Crippen MR) is 196 cm³/mol. The van der Waals surface area contributed by atoms with Crippen LogP contribution in [0.25, 0.3) is 10.8 Å². The summed E-state index contributed by atoms with van der Waals surface area (Å²) in [5.41, 5.74) is -2.79. The van der Waals surface area contributed by atoms with E-state index in [1.165, 1.54) is 22.1 Å². The summed E-state index contributed by atoms with van der Waals surface area (Å²) < 4.78 is 39.3. The van der Waals surface area contributed by atoms with E-state index >= 15 is 0 Å². The molecule has 1 aromatic carbocycles. The molecule has 0 bridgehead atoms. The number of alkyl carbamates (subject to hydrolysis) is 1. The fraction of sp³-hybridized carbons (Fsp3) is 0.568. The molecule has 15 nitrogen and oxygen atoms in total. The highest BCUT2D eigenvalue weighted by molar-refractivity contribution is 7.91. The third kappa shape index (κ3) is 8.74. The van der Waals surface area contributed by atoms with Crippen LogP contribution < -0.4 is 20.1 Å². The molecular weight excluding hydrogens is 705 g/mol. The van der Waals surface area contributed by atoms with Crippen LogP contribution >= 0.6 is 0 Å². The number of aromatic nitrogens is 1. The Morgan fingerprint density at radius 3 is 2.32 bits per heavy atom. The number of sulfonamides is 1. The number of carbonyl (C=O) groups excluding carboxylic acids is 5. The molecule has 5 rings (SSSR count). The molecule has 1 saturated heterocycles. The summed E-state index contributed by atoms with van der Waals surface area (Å²) in [7, 11) is -0.599. The van der Waals surface area contributed by atoms with E-state index in [9.17, 15) is 32.4 Å². The van der Waals surface area contributed by atoms with E-state index < -0.39 is 79.7 Å². The molecular formula is C37H50N6O9S. The number of likely N-dealkylation sites (tertiary alicyclic amines) is 1. The van der Waals surface area contributed by atoms with Crippen molar-refractivity contribution in [3.63, 3.8) is 0 Å². The molecule has 53 heavy (non-hydrogen) atoms. The molecule has 2 aliphatic carbocycles. The van der Waals surface area contributed by atoms with Crippen LogP contribution in [0.1, 0.15) is 77.6 Å². The molecule has 2 heterocycles. The number of fused-ring (bicyclic) bond motifs is 1. The number of nitrogens with zero attached hydrogens (tertiary/aromatic N) is 3. The third-order valence-corrected chi connectivity index (χ3v) is 11.3. The first kappa shape index (κ1) is 39.5. The normalized spacial score (nSPS) is 23.4. The van der Waals surface area contributed by atoms with Gasteiger partial charge in [0.2, 0.25) is 27.7 Å². The molecule has 1 aromatic heterocycles. The van der Waals surface area contributed by atoms with Crippen molar-refractivity contribution < 1.29 is 41.9 Å². The zero-order valence-corrected chi connectivity index (χ0v) is 32.3. The number of pyridine rings is 1. The molecule has 2 aromatic rings. The minimum atomic E-state index is -3.92. The van der Waals surface area contributed by atoms with Gasteiger partial charge in [0.25, 0.3) is 11.8 Å². The van der Waals surface area contributed by atoms with Crippen LogP contribution in [0, 0.1) is 11.3 Å². The standard InChI is InChI=1S/C37H50N6O9S/c1-10-23-19-37(23,33(47)41-53(49,50)25-12-13-25)40-29(44)27-18-24(20-43(27)32(46)28(35(2,3)4)39-34(48)52-36(5,6)7)51-30-26-14-11-22(31(45)42(8)9)17-21(26)15-16-38-30/h10-11,14-17,23-25,27-28H,1,12-13,18-20H2,2-9H3,(H,39,48)(H,40,44)(H,41,47)/t23?,24-,27+,28-,37-/m1/s1. The third-order valence-electron chi connectivity index (χ3n) is 9.53. The lowest BCUT2D eigenvalue weighted by Gasteiger charge is -2.36. The summed E-state index contributed by atoms with van der Waals surface area (Å²) >= 11 is 0. The first-order valence-electron chi connectivity index (χ1n) is 17.6. The predicted octanol–water partition coefficient (Wildman–Crippen LogP) is 2.89. The Balaban J connectivity index is 1.45. The Hall–Kier alpha value is -4.73. The second-order valence-electron chi connectivity index (χ2n) is 16.4. The molecule has 3 fully saturated rings. The average molecular weight is 755 g/mol. The van der Waals surface area contributed by atoms with Crippen LogP contribution in [0.4, 0.5) is 4.79 Å². The van der Waals surface area contributed by atoms with Gasteiger partial charge in [-0.3, -0.25) is 23.9 Å². The van der Waals surface area contributed by atoms with Crippen LogP contribution in [0.5, 0.6) is 5.88 Å². The van der Waals surface area contributed by atoms with Crippen LogP contribution in [0.3, 0.4) is 0 Å². The van der Waals surface area contributed by atoms with Gasteiger partial charge in [0.15, 0.2) is 0 Å². The summed E-state index contributed by atoms with van der Waals surface area (Å²) in [6, 6.07) is 4.52. The molecule has 288 valence electrons. The van der Waals surface area contributed by atoms with Gasteiger partial charge in [0.1, 0.15) is 29.3 Å². The summed E-state index contributed by atoms with van der Waals surface area (Å²) in [6.07, 6.45) is 2.42. The zero-order chi connectivity index (χ0) is 39.3. The van der Waals surface area contributed by atoms with Crippen molar-refractivity contribution in [2.24, 2.45) is 11.3 Å². The average Bonchev–Trinajstić information content (AvgIpc) is 3.98. The van der Waals surface area contributed by atoms with Crippen molar-refractivity contribution >= 4 is 50.5 Å². The number of nitrogens with one attached hydrogen (secondary N) is 3. The number of amides is 5. The molecule has 0 spiro atoms. The van der Waals surface area contributed by atoms with Crippen molar-refractivity contribution in [3.8, 4) is 5.88 Å². The molecule has 2 saturated carbocycles. The van der Waals surface area contributed by atoms with Crippen LogP contribution in [0.2, 0.25) is 0 Å².